The summed E-state index contributed by atoms with van der Waals surface area (Å²) >= 11 is 0. The Hall–Kier alpha value is -2.23. The molecular weight excluding hydrogens is 462 g/mol. The standard InChI is InChI=1S/C27H45N3O6/c1-2-3-4-5-6-7-8-9-10-11-12-13-14-15-16-17-23(31)35-20-21-24(32)25(33)26(36-21)30-19-18-22(28)29-27(30)34/h9-10,18-19,21,24-26,32-33H,2-8,11-17,20H2,1H3,(H2,28,29,34)/b10-9+/t21-,24-,25+,26-/m1/s1. The number of aliphatic hydroxyl groups excluding tert-OH is 2. The first-order valence-electron chi connectivity index (χ1n) is 13.6. The van der Waals surface area contributed by atoms with Gasteiger partial charge in [0, 0.05) is 12.6 Å². The number of unbranched alkanes of at least 4 members (excludes halogenated alkanes) is 11. The molecule has 2 rings (SSSR count). The number of nitrogens with two attached hydrogens (primary N) is 1. The number of aliphatic hydroxyl groups is 2. The molecule has 0 aliphatic carbocycles. The van der Waals surface area contributed by atoms with Gasteiger partial charge in [-0.2, -0.15) is 4.98 Å². The van der Waals surface area contributed by atoms with Crippen molar-refractivity contribution < 1.29 is 24.5 Å². The Kier molecular flexibility index (Phi) is 14.4. The first-order valence-corrected chi connectivity index (χ1v) is 13.6. The van der Waals surface area contributed by atoms with E-state index in [0.717, 1.165) is 36.7 Å². The van der Waals surface area contributed by atoms with Crippen molar-refractivity contribution in [3.05, 3.63) is 34.9 Å². The Morgan fingerprint density at radius 1 is 1.03 bits per heavy atom. The summed E-state index contributed by atoms with van der Waals surface area (Å²) in [6, 6.07) is 1.39. The van der Waals surface area contributed by atoms with Crippen LogP contribution in [0.3, 0.4) is 0 Å². The van der Waals surface area contributed by atoms with E-state index < -0.39 is 30.2 Å². The quantitative estimate of drug-likeness (QED) is 0.154. The van der Waals surface area contributed by atoms with E-state index in [4.69, 9.17) is 15.2 Å². The molecule has 1 saturated heterocycles. The molecule has 1 aliphatic rings. The van der Waals surface area contributed by atoms with Crippen molar-refractivity contribution in [2.24, 2.45) is 0 Å². The Balaban J connectivity index is 1.50. The monoisotopic (exact) mass is 507 g/mol. The van der Waals surface area contributed by atoms with Gasteiger partial charge in [-0.25, -0.2) is 4.79 Å². The minimum absolute atomic E-state index is 0.0467. The lowest BCUT2D eigenvalue weighted by Crippen LogP contribution is -2.36. The maximum absolute atomic E-state index is 12.1. The van der Waals surface area contributed by atoms with E-state index in [2.05, 4.69) is 24.1 Å². The zero-order chi connectivity index (χ0) is 26.2. The highest BCUT2D eigenvalue weighted by molar-refractivity contribution is 5.69. The van der Waals surface area contributed by atoms with Crippen LogP contribution in [0.2, 0.25) is 0 Å². The highest BCUT2D eigenvalue weighted by Gasteiger charge is 2.44. The molecule has 204 valence electrons. The Morgan fingerprint density at radius 3 is 2.28 bits per heavy atom. The first-order chi connectivity index (χ1) is 17.4. The Morgan fingerprint density at radius 2 is 1.64 bits per heavy atom. The van der Waals surface area contributed by atoms with Gasteiger partial charge in [-0.15, -0.1) is 0 Å². The van der Waals surface area contributed by atoms with Crippen LogP contribution in [0.5, 0.6) is 0 Å². The largest absolute Gasteiger partial charge is 0.463 e. The summed E-state index contributed by atoms with van der Waals surface area (Å²) in [4.78, 5) is 27.6. The highest BCUT2D eigenvalue weighted by atomic mass is 16.6. The normalized spacial score (nSPS) is 21.9. The van der Waals surface area contributed by atoms with Gasteiger partial charge < -0.3 is 25.4 Å². The number of rotatable bonds is 18. The summed E-state index contributed by atoms with van der Waals surface area (Å²) in [5.41, 5.74) is 4.77. The third kappa shape index (κ3) is 10.8. The lowest BCUT2D eigenvalue weighted by molar-refractivity contribution is -0.150. The van der Waals surface area contributed by atoms with Crippen LogP contribution < -0.4 is 11.4 Å². The predicted octanol–water partition coefficient (Wildman–Crippen LogP) is 4.03. The van der Waals surface area contributed by atoms with Crippen LogP contribution in [0.15, 0.2) is 29.2 Å². The maximum atomic E-state index is 12.1. The fourth-order valence-electron chi connectivity index (χ4n) is 4.30. The zero-order valence-corrected chi connectivity index (χ0v) is 21.7. The third-order valence-corrected chi connectivity index (χ3v) is 6.51. The number of hydrogen-bond acceptors (Lipinski definition) is 8. The van der Waals surface area contributed by atoms with Crippen LogP contribution in [0.25, 0.3) is 0 Å². The fraction of sp³-hybridized carbons (Fsp3) is 0.741. The van der Waals surface area contributed by atoms with E-state index in [1.165, 1.54) is 63.6 Å². The number of aromatic nitrogens is 2. The number of carbonyl (C=O) groups excluding carboxylic acids is 1. The fourth-order valence-corrected chi connectivity index (χ4v) is 4.30. The molecule has 1 aromatic heterocycles. The van der Waals surface area contributed by atoms with E-state index in [9.17, 15) is 19.8 Å². The van der Waals surface area contributed by atoms with Gasteiger partial charge in [0.1, 0.15) is 30.7 Å². The molecule has 0 aromatic carbocycles. The van der Waals surface area contributed by atoms with Gasteiger partial charge in [0.15, 0.2) is 6.23 Å². The molecule has 0 bridgehead atoms. The lowest BCUT2D eigenvalue weighted by atomic mass is 10.1. The summed E-state index contributed by atoms with van der Waals surface area (Å²) in [5, 5.41) is 20.5. The number of hydrogen-bond donors (Lipinski definition) is 3. The molecule has 0 saturated carbocycles. The van der Waals surface area contributed by atoms with Crippen molar-refractivity contribution in [1.82, 2.24) is 9.55 Å². The Labute approximate surface area is 214 Å². The molecule has 2 heterocycles. The van der Waals surface area contributed by atoms with Gasteiger partial charge in [-0.05, 0) is 38.2 Å². The van der Waals surface area contributed by atoms with Gasteiger partial charge >= 0.3 is 11.7 Å². The topological polar surface area (TPSA) is 137 Å². The molecule has 36 heavy (non-hydrogen) atoms. The van der Waals surface area contributed by atoms with Crippen LogP contribution in [0, 0.1) is 0 Å². The minimum Gasteiger partial charge on any atom is -0.463 e. The van der Waals surface area contributed by atoms with E-state index in [1.54, 1.807) is 0 Å². The van der Waals surface area contributed by atoms with Crippen LogP contribution in [-0.4, -0.2) is 50.7 Å². The number of nitrogen functional groups attached to an aromatic ring is 1. The first kappa shape index (κ1) is 30.0. The zero-order valence-electron chi connectivity index (χ0n) is 21.7. The summed E-state index contributed by atoms with van der Waals surface area (Å²) in [6.45, 7) is 2.05. The number of carbonyl (C=O) groups is 1. The predicted molar refractivity (Wildman–Crippen MR) is 139 cm³/mol. The molecule has 0 spiro atoms. The number of allylic oxidation sites excluding steroid dienone is 2. The molecule has 0 unspecified atom stereocenters. The molecule has 1 aromatic rings. The molecule has 1 aliphatic heterocycles. The SMILES string of the molecule is CCCCCCCC/C=C/CCCCCCCC(=O)OC[C@H]1O[C@@H](n2ccc(N)nc2=O)[C@@H](O)[C@@H]1O. The summed E-state index contributed by atoms with van der Waals surface area (Å²) in [6.07, 6.45) is 17.0. The average molecular weight is 508 g/mol. The van der Waals surface area contributed by atoms with Gasteiger partial charge in [0.2, 0.25) is 0 Å². The summed E-state index contributed by atoms with van der Waals surface area (Å²) < 4.78 is 11.9. The molecule has 9 heteroatoms. The van der Waals surface area contributed by atoms with Gasteiger partial charge in [-0.3, -0.25) is 9.36 Å². The van der Waals surface area contributed by atoms with Crippen molar-refractivity contribution in [3.63, 3.8) is 0 Å². The van der Waals surface area contributed by atoms with Crippen molar-refractivity contribution >= 4 is 11.8 Å². The molecular formula is C27H45N3O6. The highest BCUT2D eigenvalue weighted by Crippen LogP contribution is 2.28. The third-order valence-electron chi connectivity index (χ3n) is 6.51. The van der Waals surface area contributed by atoms with E-state index in [0.29, 0.717) is 6.42 Å². The average Bonchev–Trinajstić information content (AvgIpc) is 3.13. The van der Waals surface area contributed by atoms with Crippen molar-refractivity contribution in [2.45, 2.75) is 121 Å². The Bertz CT molecular complexity index is 843. The van der Waals surface area contributed by atoms with Crippen LogP contribution in [-0.2, 0) is 14.3 Å². The van der Waals surface area contributed by atoms with Crippen molar-refractivity contribution in [2.75, 3.05) is 12.3 Å². The molecule has 4 atom stereocenters. The van der Waals surface area contributed by atoms with E-state index in [-0.39, 0.29) is 18.4 Å². The second kappa shape index (κ2) is 17.3. The van der Waals surface area contributed by atoms with Crippen LogP contribution in [0.1, 0.15) is 103 Å². The summed E-state index contributed by atoms with van der Waals surface area (Å²) in [5.74, 6) is -0.321. The molecule has 0 amide bonds. The number of nitrogens with zero attached hydrogens (tertiary/aromatic N) is 2. The second-order valence-electron chi connectivity index (χ2n) is 9.61. The smallest absolute Gasteiger partial charge is 0.351 e. The van der Waals surface area contributed by atoms with Gasteiger partial charge in [0.25, 0.3) is 0 Å². The van der Waals surface area contributed by atoms with Crippen molar-refractivity contribution in [1.29, 1.82) is 0 Å². The summed E-state index contributed by atoms with van der Waals surface area (Å²) in [7, 11) is 0. The lowest BCUT2D eigenvalue weighted by Gasteiger charge is -2.16. The molecule has 9 nitrogen and oxygen atoms in total. The molecule has 4 N–H and O–H groups in total. The van der Waals surface area contributed by atoms with E-state index in [1.807, 2.05) is 0 Å². The van der Waals surface area contributed by atoms with Gasteiger partial charge in [0.05, 0.1) is 0 Å². The maximum Gasteiger partial charge on any atom is 0.351 e. The number of ether oxygens (including phenoxy) is 2. The second-order valence-corrected chi connectivity index (χ2v) is 9.61. The minimum atomic E-state index is -1.36. The van der Waals surface area contributed by atoms with Gasteiger partial charge in [-0.1, -0.05) is 70.4 Å². The molecule has 0 radical (unpaired) electrons. The van der Waals surface area contributed by atoms with Crippen LogP contribution in [0.4, 0.5) is 5.82 Å². The molecule has 1 fully saturated rings. The van der Waals surface area contributed by atoms with E-state index >= 15 is 0 Å². The van der Waals surface area contributed by atoms with Crippen LogP contribution >= 0.6 is 0 Å². The van der Waals surface area contributed by atoms with Crippen molar-refractivity contribution in [3.8, 4) is 0 Å². The number of anilines is 1. The number of esters is 1.